The Morgan fingerprint density at radius 3 is 2.45 bits per heavy atom. The van der Waals surface area contributed by atoms with Crippen molar-refractivity contribution in [3.8, 4) is 5.75 Å². The number of esters is 1. The monoisotopic (exact) mass is 435 g/mol. The molecule has 0 aliphatic carbocycles. The van der Waals surface area contributed by atoms with Gasteiger partial charge in [-0.1, -0.05) is 53.6 Å². The Hall–Kier alpha value is -3.97. The lowest BCUT2D eigenvalue weighted by molar-refractivity contribution is -0.136. The van der Waals surface area contributed by atoms with Crippen molar-refractivity contribution < 1.29 is 19.1 Å². The SMILES string of the molecule is Cc1cccc(C(=O)Oc2ccccc2/C=N/NC(=O)C(=O)Nc2ccccc2Cl)c1. The van der Waals surface area contributed by atoms with Crippen molar-refractivity contribution in [3.05, 3.63) is 94.5 Å². The first-order valence-electron chi connectivity index (χ1n) is 9.21. The summed E-state index contributed by atoms with van der Waals surface area (Å²) in [7, 11) is 0. The van der Waals surface area contributed by atoms with Crippen LogP contribution in [-0.4, -0.2) is 24.0 Å². The van der Waals surface area contributed by atoms with E-state index in [1.165, 1.54) is 6.21 Å². The molecule has 0 aliphatic heterocycles. The van der Waals surface area contributed by atoms with E-state index in [1.807, 2.05) is 13.0 Å². The molecule has 156 valence electrons. The number of benzene rings is 3. The molecule has 8 heteroatoms. The molecule has 0 aliphatic rings. The third kappa shape index (κ3) is 6.01. The van der Waals surface area contributed by atoms with Crippen LogP contribution in [0.2, 0.25) is 5.02 Å². The van der Waals surface area contributed by atoms with Crippen LogP contribution in [0, 0.1) is 6.92 Å². The topological polar surface area (TPSA) is 96.9 Å². The second kappa shape index (κ2) is 10.2. The number of aryl methyl sites for hydroxylation is 1. The molecule has 3 rings (SSSR count). The molecular weight excluding hydrogens is 418 g/mol. The summed E-state index contributed by atoms with van der Waals surface area (Å²) in [6.45, 7) is 1.88. The average Bonchev–Trinajstić information content (AvgIpc) is 2.76. The Bertz CT molecular complexity index is 1160. The van der Waals surface area contributed by atoms with E-state index >= 15 is 0 Å². The van der Waals surface area contributed by atoms with Gasteiger partial charge in [0.2, 0.25) is 0 Å². The van der Waals surface area contributed by atoms with Crippen molar-refractivity contribution in [2.24, 2.45) is 5.10 Å². The first-order valence-corrected chi connectivity index (χ1v) is 9.58. The number of anilines is 1. The van der Waals surface area contributed by atoms with Gasteiger partial charge < -0.3 is 10.1 Å². The second-order valence-electron chi connectivity index (χ2n) is 6.43. The summed E-state index contributed by atoms with van der Waals surface area (Å²) in [6.07, 6.45) is 1.28. The highest BCUT2D eigenvalue weighted by molar-refractivity contribution is 6.41. The molecule has 0 saturated heterocycles. The van der Waals surface area contributed by atoms with Crippen LogP contribution in [0.15, 0.2) is 77.9 Å². The Balaban J connectivity index is 1.63. The molecule has 7 nitrogen and oxygen atoms in total. The molecule has 0 heterocycles. The molecule has 2 N–H and O–H groups in total. The van der Waals surface area contributed by atoms with Crippen molar-refractivity contribution >= 4 is 41.3 Å². The van der Waals surface area contributed by atoms with Gasteiger partial charge in [0.1, 0.15) is 5.75 Å². The zero-order chi connectivity index (χ0) is 22.2. The predicted octanol–water partition coefficient (Wildman–Crippen LogP) is 3.96. The fourth-order valence-corrected chi connectivity index (χ4v) is 2.75. The number of carbonyl (C=O) groups is 3. The van der Waals surface area contributed by atoms with Crippen LogP contribution in [0.25, 0.3) is 0 Å². The van der Waals surface area contributed by atoms with Crippen LogP contribution in [0.5, 0.6) is 5.75 Å². The number of para-hydroxylation sites is 2. The lowest BCUT2D eigenvalue weighted by Gasteiger charge is -2.08. The number of halogens is 1. The molecule has 0 aromatic heterocycles. The number of hydrogen-bond donors (Lipinski definition) is 2. The highest BCUT2D eigenvalue weighted by atomic mass is 35.5. The number of hydrazone groups is 1. The van der Waals surface area contributed by atoms with Gasteiger partial charge in [0.15, 0.2) is 0 Å². The lowest BCUT2D eigenvalue weighted by atomic mass is 10.1. The van der Waals surface area contributed by atoms with E-state index in [-0.39, 0.29) is 5.75 Å². The van der Waals surface area contributed by atoms with Crippen molar-refractivity contribution in [1.29, 1.82) is 0 Å². The molecule has 3 aromatic carbocycles. The second-order valence-corrected chi connectivity index (χ2v) is 6.84. The zero-order valence-corrected chi connectivity index (χ0v) is 17.2. The van der Waals surface area contributed by atoms with Crippen molar-refractivity contribution in [1.82, 2.24) is 5.43 Å². The van der Waals surface area contributed by atoms with Crippen LogP contribution in [-0.2, 0) is 9.59 Å². The molecule has 0 spiro atoms. The van der Waals surface area contributed by atoms with E-state index in [0.717, 1.165) is 5.56 Å². The van der Waals surface area contributed by atoms with Crippen molar-refractivity contribution in [2.45, 2.75) is 6.92 Å². The standard InChI is InChI=1S/C23H18ClN3O4/c1-15-7-6-9-16(13-15)23(30)31-20-12-5-2-8-17(20)14-25-27-22(29)21(28)26-19-11-4-3-10-18(19)24/h2-14H,1H3,(H,26,28)(H,27,29)/b25-14+. The molecule has 0 bridgehead atoms. The van der Waals surface area contributed by atoms with Gasteiger partial charge in [0.25, 0.3) is 0 Å². The van der Waals surface area contributed by atoms with Gasteiger partial charge in [-0.25, -0.2) is 10.2 Å². The zero-order valence-electron chi connectivity index (χ0n) is 16.5. The van der Waals surface area contributed by atoms with E-state index < -0.39 is 17.8 Å². The van der Waals surface area contributed by atoms with E-state index in [4.69, 9.17) is 16.3 Å². The minimum Gasteiger partial charge on any atom is -0.422 e. The molecular formula is C23H18ClN3O4. The minimum atomic E-state index is -0.981. The number of amides is 2. The summed E-state index contributed by atoms with van der Waals surface area (Å²) < 4.78 is 5.45. The Labute approximate surface area is 183 Å². The quantitative estimate of drug-likeness (QED) is 0.208. The first-order chi connectivity index (χ1) is 14.9. The lowest BCUT2D eigenvalue weighted by Crippen LogP contribution is -2.32. The summed E-state index contributed by atoms with van der Waals surface area (Å²) in [5, 5.41) is 6.47. The first kappa shape index (κ1) is 21.7. The molecule has 0 fully saturated rings. The maximum Gasteiger partial charge on any atom is 0.343 e. The van der Waals surface area contributed by atoms with E-state index in [0.29, 0.717) is 21.8 Å². The van der Waals surface area contributed by atoms with Crippen LogP contribution < -0.4 is 15.5 Å². The molecule has 0 unspecified atom stereocenters. The van der Waals surface area contributed by atoms with Gasteiger partial charge in [0.05, 0.1) is 22.5 Å². The summed E-state index contributed by atoms with van der Waals surface area (Å²) >= 11 is 5.95. The van der Waals surface area contributed by atoms with Gasteiger partial charge >= 0.3 is 17.8 Å². The summed E-state index contributed by atoms with van der Waals surface area (Å²) in [5.74, 6) is -2.17. The molecule has 0 radical (unpaired) electrons. The molecule has 2 amide bonds. The van der Waals surface area contributed by atoms with Gasteiger partial charge in [-0.15, -0.1) is 0 Å². The van der Waals surface area contributed by atoms with Gasteiger partial charge in [0, 0.05) is 5.56 Å². The largest absolute Gasteiger partial charge is 0.422 e. The number of hydrogen-bond acceptors (Lipinski definition) is 5. The third-order valence-corrected chi connectivity index (χ3v) is 4.40. The van der Waals surface area contributed by atoms with Gasteiger partial charge in [-0.3, -0.25) is 9.59 Å². The fraction of sp³-hybridized carbons (Fsp3) is 0.0435. The maximum absolute atomic E-state index is 12.4. The van der Waals surface area contributed by atoms with Gasteiger partial charge in [-0.2, -0.15) is 5.10 Å². The Kier molecular flexibility index (Phi) is 7.13. The predicted molar refractivity (Wildman–Crippen MR) is 118 cm³/mol. The number of ether oxygens (including phenoxy) is 1. The highest BCUT2D eigenvalue weighted by Gasteiger charge is 2.15. The van der Waals surface area contributed by atoms with Crippen LogP contribution in [0.4, 0.5) is 5.69 Å². The molecule has 0 atom stereocenters. The van der Waals surface area contributed by atoms with Crippen molar-refractivity contribution in [3.63, 3.8) is 0 Å². The normalized spacial score (nSPS) is 10.5. The number of carbonyl (C=O) groups excluding carboxylic acids is 3. The number of nitrogens with zero attached hydrogens (tertiary/aromatic N) is 1. The summed E-state index contributed by atoms with van der Waals surface area (Å²) in [6, 6.07) is 20.2. The fourth-order valence-electron chi connectivity index (χ4n) is 2.56. The molecule has 31 heavy (non-hydrogen) atoms. The summed E-state index contributed by atoms with van der Waals surface area (Å²) in [5.41, 5.74) is 4.22. The number of rotatable bonds is 5. The average molecular weight is 436 g/mol. The van der Waals surface area contributed by atoms with Crippen molar-refractivity contribution in [2.75, 3.05) is 5.32 Å². The molecule has 0 saturated carbocycles. The molecule has 3 aromatic rings. The van der Waals surface area contributed by atoms with Crippen LogP contribution >= 0.6 is 11.6 Å². The Morgan fingerprint density at radius 1 is 0.935 bits per heavy atom. The third-order valence-electron chi connectivity index (χ3n) is 4.07. The summed E-state index contributed by atoms with van der Waals surface area (Å²) in [4.78, 5) is 36.3. The minimum absolute atomic E-state index is 0.257. The van der Waals surface area contributed by atoms with E-state index in [2.05, 4.69) is 15.8 Å². The van der Waals surface area contributed by atoms with E-state index in [1.54, 1.807) is 66.7 Å². The maximum atomic E-state index is 12.4. The van der Waals surface area contributed by atoms with E-state index in [9.17, 15) is 14.4 Å². The number of nitrogens with one attached hydrogen (secondary N) is 2. The van der Waals surface area contributed by atoms with Crippen LogP contribution in [0.3, 0.4) is 0 Å². The Morgan fingerprint density at radius 2 is 1.68 bits per heavy atom. The van der Waals surface area contributed by atoms with Crippen LogP contribution in [0.1, 0.15) is 21.5 Å². The highest BCUT2D eigenvalue weighted by Crippen LogP contribution is 2.20. The van der Waals surface area contributed by atoms with Gasteiger partial charge in [-0.05, 0) is 43.3 Å². The smallest absolute Gasteiger partial charge is 0.343 e.